The van der Waals surface area contributed by atoms with E-state index in [0.717, 1.165) is 6.42 Å². The van der Waals surface area contributed by atoms with Crippen LogP contribution < -0.4 is 4.74 Å². The van der Waals surface area contributed by atoms with Crippen molar-refractivity contribution in [2.45, 2.75) is 81.6 Å². The lowest BCUT2D eigenvalue weighted by molar-refractivity contribution is -0.267. The van der Waals surface area contributed by atoms with Crippen molar-refractivity contribution in [3.63, 3.8) is 0 Å². The van der Waals surface area contributed by atoms with Crippen molar-refractivity contribution in [1.29, 1.82) is 0 Å². The minimum absolute atomic E-state index is 0.0304. The first-order valence-electron chi connectivity index (χ1n) is 15.3. The highest BCUT2D eigenvalue weighted by atomic mass is 32.2. The lowest BCUT2D eigenvalue weighted by Crippen LogP contribution is -2.60. The third-order valence-electron chi connectivity index (χ3n) is 10.3. The molecule has 5 fully saturated rings. The molecule has 46 heavy (non-hydrogen) atoms. The van der Waals surface area contributed by atoms with Gasteiger partial charge in [0.05, 0.1) is 25.7 Å². The van der Waals surface area contributed by atoms with Crippen LogP contribution in [0.3, 0.4) is 0 Å². The fourth-order valence-corrected chi connectivity index (χ4v) is 12.5. The third-order valence-corrected chi connectivity index (χ3v) is 14.1. The molecule has 4 aliphatic carbocycles. The first-order chi connectivity index (χ1) is 21.2. The van der Waals surface area contributed by atoms with Gasteiger partial charge in [-0.1, -0.05) is 13.8 Å². The maximum absolute atomic E-state index is 14.4. The summed E-state index contributed by atoms with van der Waals surface area (Å²) in [6.45, 7) is 5.06. The van der Waals surface area contributed by atoms with Crippen LogP contribution in [0.5, 0.6) is 5.75 Å². The highest BCUT2D eigenvalue weighted by Crippen LogP contribution is 2.68. The zero-order valence-corrected chi connectivity index (χ0v) is 27.5. The molecule has 0 radical (unpaired) electrons. The fourth-order valence-electron chi connectivity index (χ4n) is 9.29. The molecular weight excluding hydrogens is 659 g/mol. The first-order valence-corrected chi connectivity index (χ1v) is 18.3. The summed E-state index contributed by atoms with van der Waals surface area (Å²) >= 11 is 0. The Morgan fingerprint density at radius 2 is 1.59 bits per heavy atom. The summed E-state index contributed by atoms with van der Waals surface area (Å²) in [5.41, 5.74) is -2.18. The number of ether oxygens (including phenoxy) is 3. The average Bonchev–Trinajstić information content (AvgIpc) is 2.93. The van der Waals surface area contributed by atoms with Gasteiger partial charge in [-0.05, 0) is 86.5 Å². The lowest BCUT2D eigenvalue weighted by Gasteiger charge is -2.62. The second-order valence-corrected chi connectivity index (χ2v) is 18.2. The predicted octanol–water partition coefficient (Wildman–Crippen LogP) is 5.85. The van der Waals surface area contributed by atoms with Gasteiger partial charge < -0.3 is 14.2 Å². The van der Waals surface area contributed by atoms with Crippen LogP contribution in [0.15, 0.2) is 24.3 Å². The predicted molar refractivity (Wildman–Crippen MR) is 159 cm³/mol. The molecule has 15 heteroatoms. The van der Waals surface area contributed by atoms with E-state index in [-0.39, 0.29) is 47.8 Å². The second-order valence-electron chi connectivity index (χ2n) is 14.3. The summed E-state index contributed by atoms with van der Waals surface area (Å²) in [4.78, 5) is 27.8. The van der Waals surface area contributed by atoms with Gasteiger partial charge in [0.2, 0.25) is 5.78 Å². The zero-order valence-electron chi connectivity index (χ0n) is 25.9. The van der Waals surface area contributed by atoms with Gasteiger partial charge in [-0.3, -0.25) is 14.1 Å². The smallest absolute Gasteiger partial charge is 0.432 e. The van der Waals surface area contributed by atoms with Crippen molar-refractivity contribution in [3.05, 3.63) is 29.8 Å². The quantitative estimate of drug-likeness (QED) is 0.101. The first kappa shape index (κ1) is 35.3. The van der Waals surface area contributed by atoms with Gasteiger partial charge in [0.15, 0.2) is 5.25 Å². The molecule has 4 unspecified atom stereocenters. The van der Waals surface area contributed by atoms with E-state index in [2.05, 4.69) is 4.74 Å². The monoisotopic (exact) mass is 699 g/mol. The van der Waals surface area contributed by atoms with Crippen LogP contribution in [-0.2, 0) is 35.3 Å². The Hall–Kier alpha value is -1.97. The second kappa shape index (κ2) is 12.2. The number of Topliss-reactive ketones (excluding diaryl/α,β-unsaturated/α-hetero) is 1. The number of rotatable bonds is 11. The standard InChI is InChI=1S/C31H39F5O8S2/c1-27(2,24(45-10-8-43-9-11-45)23(37)21-4-6-22(42-3)7-5-21)17-28-13-19-12-20(14-28)16-29(15-19,18-28)26(38)44-25(30(32,33)34)31(35,36)46(39,40)41/h4-7,19-20,24-25H,8-18H2,1-3H3/p+1. The Kier molecular flexibility index (Phi) is 9.35. The maximum Gasteiger partial charge on any atom is 0.432 e. The number of hydrogen-bond donors (Lipinski definition) is 1. The SMILES string of the molecule is COc1ccc(C(=O)C([S+]2CCOCC2)C(C)(C)CC23CC4CC(C2)CC(C(=O)OC(C(F)(F)F)C(F)(F)S(=O)(=O)O)(C4)C3)cc1. The number of halogens is 5. The molecule has 6 rings (SSSR count). The van der Waals surface area contributed by atoms with Crippen molar-refractivity contribution in [2.75, 3.05) is 31.8 Å². The molecule has 8 nitrogen and oxygen atoms in total. The lowest BCUT2D eigenvalue weighted by atomic mass is 9.42. The molecule has 4 saturated carbocycles. The number of alkyl halides is 5. The zero-order chi connectivity index (χ0) is 33.9. The van der Waals surface area contributed by atoms with E-state index in [0.29, 0.717) is 55.3 Å². The van der Waals surface area contributed by atoms with Crippen molar-refractivity contribution >= 4 is 32.8 Å². The molecule has 0 amide bonds. The summed E-state index contributed by atoms with van der Waals surface area (Å²) in [6.07, 6.45) is -7.40. The number of esters is 1. The van der Waals surface area contributed by atoms with Crippen LogP contribution in [0.25, 0.3) is 0 Å². The van der Waals surface area contributed by atoms with Crippen molar-refractivity contribution in [1.82, 2.24) is 0 Å². The van der Waals surface area contributed by atoms with Crippen LogP contribution in [0, 0.1) is 28.1 Å². The topological polar surface area (TPSA) is 116 Å². The number of benzene rings is 1. The number of methoxy groups -OCH3 is 1. The van der Waals surface area contributed by atoms with Gasteiger partial charge in [-0.25, -0.2) is 0 Å². The summed E-state index contributed by atoms with van der Waals surface area (Å²) in [5, 5.41) is -6.20. The van der Waals surface area contributed by atoms with E-state index in [1.54, 1.807) is 24.3 Å². The molecule has 4 bridgehead atoms. The van der Waals surface area contributed by atoms with Gasteiger partial charge in [0.25, 0.3) is 6.10 Å². The third kappa shape index (κ3) is 6.67. The van der Waals surface area contributed by atoms with Crippen molar-refractivity contribution < 1.29 is 58.7 Å². The normalized spacial score (nSPS) is 30.1. The fraction of sp³-hybridized carbons (Fsp3) is 0.742. The van der Waals surface area contributed by atoms with Crippen LogP contribution in [0.4, 0.5) is 22.0 Å². The van der Waals surface area contributed by atoms with Crippen molar-refractivity contribution in [2.24, 2.45) is 28.1 Å². The molecule has 258 valence electrons. The molecule has 1 aliphatic heterocycles. The van der Waals surface area contributed by atoms with Crippen LogP contribution >= 0.6 is 0 Å². The largest absolute Gasteiger partial charge is 0.497 e. The minimum Gasteiger partial charge on any atom is -0.497 e. The van der Waals surface area contributed by atoms with E-state index in [9.17, 15) is 40.0 Å². The summed E-state index contributed by atoms with van der Waals surface area (Å²) in [7, 11) is -5.37. The Morgan fingerprint density at radius 3 is 2.09 bits per heavy atom. The summed E-state index contributed by atoms with van der Waals surface area (Å²) < 4.78 is 116. The number of carbonyl (C=O) groups is 2. The van der Waals surface area contributed by atoms with Gasteiger partial charge in [0.1, 0.15) is 17.3 Å². The minimum atomic E-state index is -6.56. The molecule has 5 aliphatic rings. The van der Waals surface area contributed by atoms with Gasteiger partial charge in [-0.2, -0.15) is 30.4 Å². The maximum atomic E-state index is 14.4. The average molecular weight is 700 g/mol. The van der Waals surface area contributed by atoms with E-state index in [1.807, 2.05) is 13.8 Å². The van der Waals surface area contributed by atoms with E-state index in [4.69, 9.17) is 14.0 Å². The molecule has 0 aromatic heterocycles. The molecular formula is C31H40F5O8S2+. The molecule has 1 aromatic rings. The van der Waals surface area contributed by atoms with Crippen LogP contribution in [0.1, 0.15) is 69.2 Å². The molecule has 0 spiro atoms. The van der Waals surface area contributed by atoms with E-state index >= 15 is 0 Å². The van der Waals surface area contributed by atoms with E-state index in [1.165, 1.54) is 7.11 Å². The van der Waals surface area contributed by atoms with Crippen LogP contribution in [0.2, 0.25) is 0 Å². The summed E-state index contributed by atoms with van der Waals surface area (Å²) in [6, 6.07) is 6.89. The highest BCUT2D eigenvalue weighted by Gasteiger charge is 2.69. The number of ketones is 1. The Bertz CT molecular complexity index is 1410. The van der Waals surface area contributed by atoms with Gasteiger partial charge >= 0.3 is 27.5 Å². The Morgan fingerprint density at radius 1 is 1.02 bits per heavy atom. The van der Waals surface area contributed by atoms with Gasteiger partial charge in [0, 0.05) is 21.9 Å². The summed E-state index contributed by atoms with van der Waals surface area (Å²) in [5.74, 6) is 0.309. The number of hydrogen-bond acceptors (Lipinski definition) is 7. The van der Waals surface area contributed by atoms with Gasteiger partial charge in [-0.15, -0.1) is 0 Å². The Labute approximate surface area is 268 Å². The van der Waals surface area contributed by atoms with Crippen LogP contribution in [-0.4, -0.2) is 79.3 Å². The molecule has 1 aromatic carbocycles. The number of carbonyl (C=O) groups excluding carboxylic acids is 2. The molecule has 1 saturated heterocycles. The highest BCUT2D eigenvalue weighted by molar-refractivity contribution is 7.98. The molecule has 1 N–H and O–H groups in total. The molecule has 4 atom stereocenters. The Balaban J connectivity index is 1.45. The van der Waals surface area contributed by atoms with E-state index < -0.39 is 55.1 Å². The molecule has 1 heterocycles. The van der Waals surface area contributed by atoms with Crippen molar-refractivity contribution in [3.8, 4) is 5.75 Å².